The van der Waals surface area contributed by atoms with Gasteiger partial charge < -0.3 is 14.8 Å². The molecule has 1 N–H and O–H groups in total. The topological polar surface area (TPSA) is 125 Å². The average Bonchev–Trinajstić information content (AvgIpc) is 2.68. The first-order chi connectivity index (χ1) is 14.0. The van der Waals surface area contributed by atoms with Gasteiger partial charge in [0.25, 0.3) is 5.69 Å². The van der Waals surface area contributed by atoms with Crippen LogP contribution >= 0.6 is 11.6 Å². The van der Waals surface area contributed by atoms with Crippen LogP contribution in [0.1, 0.15) is 20.8 Å². The van der Waals surface area contributed by atoms with Gasteiger partial charge in [-0.15, -0.1) is 0 Å². The van der Waals surface area contributed by atoms with Crippen LogP contribution in [0.2, 0.25) is 5.02 Å². The Balaban J connectivity index is 2.36. The number of nitro groups is 1. The molecule has 0 radical (unpaired) electrons. The third-order valence-corrected chi connectivity index (χ3v) is 6.62. The Labute approximate surface area is 179 Å². The first-order valence-corrected chi connectivity index (χ1v) is 10.7. The molecule has 30 heavy (non-hydrogen) atoms. The summed E-state index contributed by atoms with van der Waals surface area (Å²) in [4.78, 5) is 22.4. The zero-order valence-corrected chi connectivity index (χ0v) is 18.3. The lowest BCUT2D eigenvalue weighted by Crippen LogP contribution is -2.27. The second-order valence-electron chi connectivity index (χ2n) is 6.61. The first kappa shape index (κ1) is 23.4. The predicted octanol–water partition coefficient (Wildman–Crippen LogP) is 4.20. The summed E-state index contributed by atoms with van der Waals surface area (Å²) < 4.78 is 34.8. The van der Waals surface area contributed by atoms with E-state index in [2.05, 4.69) is 10.1 Å². The maximum Gasteiger partial charge on any atom is 0.327 e. The van der Waals surface area contributed by atoms with Crippen LogP contribution in [0.3, 0.4) is 0 Å². The number of halogens is 1. The molecular formula is C19H21ClN2O7S. The summed E-state index contributed by atoms with van der Waals surface area (Å²) in [5.41, 5.74) is -0.215. The molecule has 2 aromatic carbocycles. The molecule has 0 heterocycles. The Morgan fingerprint density at radius 2 is 1.83 bits per heavy atom. The normalized spacial score (nSPS) is 12.3. The van der Waals surface area contributed by atoms with Gasteiger partial charge in [-0.25, -0.2) is 13.2 Å². The SMILES string of the molecule is COC(=O)C(C)Nc1cc(Oc2ccc(S(=O)(=O)C(C)C)cc2Cl)ccc1[N+](=O)[O-]. The summed E-state index contributed by atoms with van der Waals surface area (Å²) in [6.07, 6.45) is 0. The fourth-order valence-electron chi connectivity index (χ4n) is 2.46. The van der Waals surface area contributed by atoms with Crippen molar-refractivity contribution >= 4 is 38.8 Å². The zero-order valence-electron chi connectivity index (χ0n) is 16.7. The number of methoxy groups -OCH3 is 1. The minimum atomic E-state index is -3.50. The quantitative estimate of drug-likeness (QED) is 0.356. The summed E-state index contributed by atoms with van der Waals surface area (Å²) in [7, 11) is -2.30. The van der Waals surface area contributed by atoms with Crippen LogP contribution < -0.4 is 10.1 Å². The molecule has 0 aliphatic rings. The number of carbonyl (C=O) groups is 1. The minimum absolute atomic E-state index is 0.0468. The Morgan fingerprint density at radius 1 is 1.17 bits per heavy atom. The molecule has 2 aromatic rings. The number of hydrogen-bond acceptors (Lipinski definition) is 8. The van der Waals surface area contributed by atoms with E-state index < -0.39 is 32.0 Å². The molecule has 0 amide bonds. The summed E-state index contributed by atoms with van der Waals surface area (Å²) in [5, 5.41) is 13.5. The molecule has 1 atom stereocenters. The number of ether oxygens (including phenoxy) is 2. The molecule has 1 unspecified atom stereocenters. The Kier molecular flexibility index (Phi) is 7.27. The van der Waals surface area contributed by atoms with Crippen molar-refractivity contribution in [1.29, 1.82) is 0 Å². The largest absolute Gasteiger partial charge is 0.467 e. The van der Waals surface area contributed by atoms with Crippen LogP contribution in [-0.2, 0) is 19.4 Å². The van der Waals surface area contributed by atoms with Gasteiger partial charge in [0.1, 0.15) is 23.2 Å². The number of esters is 1. The van der Waals surface area contributed by atoms with Crippen molar-refractivity contribution in [2.75, 3.05) is 12.4 Å². The molecule has 162 valence electrons. The highest BCUT2D eigenvalue weighted by Gasteiger charge is 2.22. The highest BCUT2D eigenvalue weighted by atomic mass is 35.5. The minimum Gasteiger partial charge on any atom is -0.467 e. The van der Waals surface area contributed by atoms with E-state index in [-0.39, 0.29) is 32.8 Å². The van der Waals surface area contributed by atoms with Crippen LogP contribution in [0.15, 0.2) is 41.3 Å². The second kappa shape index (κ2) is 9.31. The van der Waals surface area contributed by atoms with Crippen molar-refractivity contribution < 1.29 is 27.6 Å². The van der Waals surface area contributed by atoms with Crippen molar-refractivity contribution in [2.24, 2.45) is 0 Å². The molecule has 0 saturated heterocycles. The molecule has 9 nitrogen and oxygen atoms in total. The molecule has 11 heteroatoms. The van der Waals surface area contributed by atoms with E-state index in [0.29, 0.717) is 0 Å². The number of carbonyl (C=O) groups excluding carboxylic acids is 1. The molecule has 0 spiro atoms. The number of hydrogen-bond donors (Lipinski definition) is 1. The van der Waals surface area contributed by atoms with Gasteiger partial charge in [0.15, 0.2) is 9.84 Å². The van der Waals surface area contributed by atoms with Gasteiger partial charge in [-0.3, -0.25) is 10.1 Å². The lowest BCUT2D eigenvalue weighted by atomic mass is 10.2. The lowest BCUT2D eigenvalue weighted by Gasteiger charge is -2.15. The van der Waals surface area contributed by atoms with E-state index in [4.69, 9.17) is 16.3 Å². The van der Waals surface area contributed by atoms with Crippen LogP contribution in [0.5, 0.6) is 11.5 Å². The summed E-state index contributed by atoms with van der Waals surface area (Å²) in [5.74, 6) is -0.234. The van der Waals surface area contributed by atoms with E-state index in [9.17, 15) is 23.3 Å². The summed E-state index contributed by atoms with van der Waals surface area (Å²) in [6, 6.07) is 7.15. The predicted molar refractivity (Wildman–Crippen MR) is 112 cm³/mol. The van der Waals surface area contributed by atoms with E-state index in [0.717, 1.165) is 0 Å². The maximum absolute atomic E-state index is 12.3. The van der Waals surface area contributed by atoms with Gasteiger partial charge in [-0.1, -0.05) is 11.6 Å². The zero-order chi connectivity index (χ0) is 22.6. The molecule has 0 fully saturated rings. The number of anilines is 1. The number of sulfone groups is 1. The van der Waals surface area contributed by atoms with E-state index in [1.54, 1.807) is 13.8 Å². The third kappa shape index (κ3) is 5.19. The van der Waals surface area contributed by atoms with Gasteiger partial charge in [-0.05, 0) is 45.0 Å². The average molecular weight is 457 g/mol. The van der Waals surface area contributed by atoms with Gasteiger partial charge >= 0.3 is 5.97 Å². The monoisotopic (exact) mass is 456 g/mol. The number of rotatable bonds is 8. The number of benzene rings is 2. The van der Waals surface area contributed by atoms with Crippen molar-refractivity contribution in [3.8, 4) is 11.5 Å². The van der Waals surface area contributed by atoms with Gasteiger partial charge in [-0.2, -0.15) is 0 Å². The third-order valence-electron chi connectivity index (χ3n) is 4.17. The van der Waals surface area contributed by atoms with Crippen molar-refractivity contribution in [2.45, 2.75) is 37.0 Å². The lowest BCUT2D eigenvalue weighted by molar-refractivity contribution is -0.384. The Hall–Kier alpha value is -2.85. The number of nitrogens with zero attached hydrogens (tertiary/aromatic N) is 1. The molecule has 0 bridgehead atoms. The molecule has 0 aliphatic carbocycles. The second-order valence-corrected chi connectivity index (χ2v) is 9.52. The fraction of sp³-hybridized carbons (Fsp3) is 0.316. The first-order valence-electron chi connectivity index (χ1n) is 8.81. The van der Waals surface area contributed by atoms with Crippen molar-refractivity contribution in [3.63, 3.8) is 0 Å². The smallest absolute Gasteiger partial charge is 0.327 e. The van der Waals surface area contributed by atoms with Gasteiger partial charge in [0.2, 0.25) is 0 Å². The van der Waals surface area contributed by atoms with Crippen molar-refractivity contribution in [3.05, 3.63) is 51.5 Å². The standard InChI is InChI=1S/C19H21ClN2O7S/c1-11(2)30(26,27)14-6-8-18(15(20)10-14)29-13-5-7-17(22(24)25)16(9-13)21-12(3)19(23)28-4/h5-12,21H,1-4H3. The van der Waals surface area contributed by atoms with Crippen LogP contribution in [0.25, 0.3) is 0 Å². The van der Waals surface area contributed by atoms with Crippen LogP contribution in [0.4, 0.5) is 11.4 Å². The molecular weight excluding hydrogens is 436 g/mol. The Morgan fingerprint density at radius 3 is 2.37 bits per heavy atom. The Bertz CT molecular complexity index is 1070. The van der Waals surface area contributed by atoms with Crippen molar-refractivity contribution in [1.82, 2.24) is 0 Å². The number of nitro benzene ring substituents is 1. The van der Waals surface area contributed by atoms with E-state index >= 15 is 0 Å². The molecule has 0 saturated carbocycles. The summed E-state index contributed by atoms with van der Waals surface area (Å²) >= 11 is 6.18. The molecule has 2 rings (SSSR count). The molecule has 0 aromatic heterocycles. The van der Waals surface area contributed by atoms with Crippen LogP contribution in [0, 0.1) is 10.1 Å². The van der Waals surface area contributed by atoms with Crippen LogP contribution in [-0.4, -0.2) is 37.7 Å². The maximum atomic E-state index is 12.3. The van der Waals surface area contributed by atoms with Gasteiger partial charge in [0.05, 0.1) is 27.2 Å². The molecule has 0 aliphatic heterocycles. The summed E-state index contributed by atoms with van der Waals surface area (Å²) in [6.45, 7) is 4.62. The highest BCUT2D eigenvalue weighted by Crippen LogP contribution is 2.35. The highest BCUT2D eigenvalue weighted by molar-refractivity contribution is 7.92. The fourth-order valence-corrected chi connectivity index (χ4v) is 3.83. The van der Waals surface area contributed by atoms with Gasteiger partial charge in [0, 0.05) is 12.1 Å². The number of nitrogens with one attached hydrogen (secondary N) is 1. The van der Waals surface area contributed by atoms with E-state index in [1.165, 1.54) is 50.4 Å². The van der Waals surface area contributed by atoms with E-state index in [1.807, 2.05) is 0 Å².